The Morgan fingerprint density at radius 3 is 1.69 bits per heavy atom. The van der Waals surface area contributed by atoms with E-state index in [1.165, 1.54) is 0 Å². The third-order valence-electron chi connectivity index (χ3n) is 3.14. The fourth-order valence-electron chi connectivity index (χ4n) is 1.91. The summed E-state index contributed by atoms with van der Waals surface area (Å²) in [6.07, 6.45) is -10.0. The largest absolute Gasteiger partial charge is 0.416 e. The number of hydrazine groups is 1. The summed E-state index contributed by atoms with van der Waals surface area (Å²) in [4.78, 5) is 3.63. The maximum absolute atomic E-state index is 12.9. The van der Waals surface area contributed by atoms with Crippen LogP contribution in [-0.2, 0) is 12.4 Å². The Bertz CT molecular complexity index is 893. The molecule has 0 atom stereocenters. The first-order chi connectivity index (χ1) is 13.2. The molecule has 15 heteroatoms. The van der Waals surface area contributed by atoms with Gasteiger partial charge < -0.3 is 5.32 Å². The fraction of sp³-hybridized carbons (Fsp3) is 0.143. The van der Waals surface area contributed by atoms with Gasteiger partial charge in [0.25, 0.3) is 0 Å². The van der Waals surface area contributed by atoms with Gasteiger partial charge in [0.2, 0.25) is 0 Å². The molecule has 0 radical (unpaired) electrons. The molecule has 0 spiro atoms. The van der Waals surface area contributed by atoms with Gasteiger partial charge in [-0.05, 0) is 30.4 Å². The summed E-state index contributed by atoms with van der Waals surface area (Å²) in [6.45, 7) is 0. The first-order valence-corrected chi connectivity index (χ1v) is 8.94. The first-order valence-electron chi connectivity index (χ1n) is 7.02. The number of hydrogen-bond donors (Lipinski definition) is 3. The van der Waals surface area contributed by atoms with Gasteiger partial charge in [-0.2, -0.15) is 26.3 Å². The normalized spacial score (nSPS) is 11.9. The van der Waals surface area contributed by atoms with Crippen LogP contribution in [0.2, 0.25) is 20.4 Å². The highest BCUT2D eigenvalue weighted by Gasteiger charge is 2.37. The van der Waals surface area contributed by atoms with E-state index in [-0.39, 0.29) is 32.1 Å². The standard InChI is InChI=1S/C14H6Cl4F6N4S/c15-7-9(8(16)11(18)26-10(7)17)27-28-12(29)25-6-2-4(13(19,20)21)1-5(3-6)14(22,23)24/h1-3H,(H,26,27)(H2,25,28,29). The molecule has 0 saturated carbocycles. The van der Waals surface area contributed by atoms with Crippen molar-refractivity contribution in [1.29, 1.82) is 0 Å². The van der Waals surface area contributed by atoms with Gasteiger partial charge in [-0.3, -0.25) is 10.9 Å². The number of nitrogens with one attached hydrogen (secondary N) is 3. The van der Waals surface area contributed by atoms with E-state index in [4.69, 9.17) is 58.6 Å². The molecule has 4 nitrogen and oxygen atoms in total. The second-order valence-electron chi connectivity index (χ2n) is 5.20. The number of halogens is 10. The quantitative estimate of drug-likeness (QED) is 0.176. The van der Waals surface area contributed by atoms with Gasteiger partial charge in [-0.25, -0.2) is 4.98 Å². The monoisotopic (exact) mass is 516 g/mol. The van der Waals surface area contributed by atoms with Crippen LogP contribution in [0.5, 0.6) is 0 Å². The van der Waals surface area contributed by atoms with Crippen LogP contribution in [-0.4, -0.2) is 10.1 Å². The van der Waals surface area contributed by atoms with Gasteiger partial charge in [0, 0.05) is 5.69 Å². The Morgan fingerprint density at radius 2 is 1.28 bits per heavy atom. The number of aromatic nitrogens is 1. The summed E-state index contributed by atoms with van der Waals surface area (Å²) in [5, 5.41) is 1.05. The van der Waals surface area contributed by atoms with Gasteiger partial charge in [0.15, 0.2) is 15.4 Å². The predicted molar refractivity (Wildman–Crippen MR) is 104 cm³/mol. The maximum atomic E-state index is 12.9. The number of nitrogens with zero attached hydrogens (tertiary/aromatic N) is 1. The van der Waals surface area contributed by atoms with Crippen molar-refractivity contribution in [3.8, 4) is 0 Å². The average molecular weight is 518 g/mol. The summed E-state index contributed by atoms with van der Waals surface area (Å²) >= 11 is 28.1. The van der Waals surface area contributed by atoms with Crippen LogP contribution < -0.4 is 16.2 Å². The number of rotatable bonds is 3. The summed E-state index contributed by atoms with van der Waals surface area (Å²) in [7, 11) is 0. The second kappa shape index (κ2) is 8.76. The summed E-state index contributed by atoms with van der Waals surface area (Å²) in [5.41, 5.74) is 1.05. The zero-order valence-corrected chi connectivity index (χ0v) is 17.2. The van der Waals surface area contributed by atoms with Gasteiger partial charge in [-0.15, -0.1) is 0 Å². The smallest absolute Gasteiger partial charge is 0.331 e. The van der Waals surface area contributed by atoms with Crippen molar-refractivity contribution in [2.24, 2.45) is 0 Å². The number of hydrogen-bond acceptors (Lipinski definition) is 3. The van der Waals surface area contributed by atoms with Gasteiger partial charge >= 0.3 is 12.4 Å². The van der Waals surface area contributed by atoms with E-state index in [1.54, 1.807) is 0 Å². The molecule has 0 unspecified atom stereocenters. The number of pyridine rings is 1. The lowest BCUT2D eigenvalue weighted by atomic mass is 10.1. The lowest BCUT2D eigenvalue weighted by Crippen LogP contribution is -2.33. The molecular weight excluding hydrogens is 512 g/mol. The number of anilines is 2. The van der Waals surface area contributed by atoms with E-state index >= 15 is 0 Å². The molecule has 0 aliphatic carbocycles. The third-order valence-corrected chi connectivity index (χ3v) is 4.82. The van der Waals surface area contributed by atoms with Crippen LogP contribution in [0.15, 0.2) is 18.2 Å². The zero-order chi connectivity index (χ0) is 22.1. The average Bonchev–Trinajstić information content (AvgIpc) is 2.58. The highest BCUT2D eigenvalue weighted by molar-refractivity contribution is 7.80. The molecule has 1 aromatic heterocycles. The van der Waals surface area contributed by atoms with Gasteiger partial charge in [-0.1, -0.05) is 46.4 Å². The van der Waals surface area contributed by atoms with Crippen LogP contribution in [0, 0.1) is 0 Å². The Hall–Kier alpha value is -1.40. The molecule has 2 aromatic rings. The predicted octanol–water partition coefficient (Wildman–Crippen LogP) is 7.05. The molecule has 0 bridgehead atoms. The van der Waals surface area contributed by atoms with E-state index in [9.17, 15) is 26.3 Å². The van der Waals surface area contributed by atoms with Crippen molar-refractivity contribution in [1.82, 2.24) is 10.4 Å². The van der Waals surface area contributed by atoms with Gasteiger partial charge in [0.05, 0.1) is 16.8 Å². The minimum atomic E-state index is -5.00. The van der Waals surface area contributed by atoms with Crippen LogP contribution in [0.4, 0.5) is 37.7 Å². The SMILES string of the molecule is FC(F)(F)c1cc(NC(=S)NNc2c(Cl)c(Cl)nc(Cl)c2Cl)cc(C(F)(F)F)c1. The lowest BCUT2D eigenvalue weighted by molar-refractivity contribution is -0.143. The van der Waals surface area contributed by atoms with Crippen molar-refractivity contribution in [3.05, 3.63) is 49.7 Å². The number of thiocarbonyl (C=S) groups is 1. The molecule has 158 valence electrons. The maximum Gasteiger partial charge on any atom is 0.416 e. The third kappa shape index (κ3) is 6.05. The summed E-state index contributed by atoms with van der Waals surface area (Å²) in [5.74, 6) is 0. The van der Waals surface area contributed by atoms with Crippen LogP contribution in [0.1, 0.15) is 11.1 Å². The van der Waals surface area contributed by atoms with Crippen molar-refractivity contribution >= 4 is 75.1 Å². The van der Waals surface area contributed by atoms with Gasteiger partial charge in [0.1, 0.15) is 10.0 Å². The van der Waals surface area contributed by atoms with Crippen molar-refractivity contribution < 1.29 is 26.3 Å². The molecule has 0 amide bonds. The highest BCUT2D eigenvalue weighted by Crippen LogP contribution is 2.39. The van der Waals surface area contributed by atoms with E-state index in [1.807, 2.05) is 0 Å². The molecule has 29 heavy (non-hydrogen) atoms. The van der Waals surface area contributed by atoms with Crippen molar-refractivity contribution in [2.75, 3.05) is 10.7 Å². The Labute approximate surface area is 184 Å². The number of alkyl halides is 6. The van der Waals surface area contributed by atoms with Crippen molar-refractivity contribution in [2.45, 2.75) is 12.4 Å². The molecule has 0 saturated heterocycles. The highest BCUT2D eigenvalue weighted by atomic mass is 35.5. The van der Waals surface area contributed by atoms with E-state index < -0.39 is 34.3 Å². The molecule has 0 fully saturated rings. The van der Waals surface area contributed by atoms with E-state index in [0.717, 1.165) is 0 Å². The van der Waals surface area contributed by atoms with Crippen LogP contribution in [0.3, 0.4) is 0 Å². The van der Waals surface area contributed by atoms with E-state index in [0.29, 0.717) is 12.1 Å². The first kappa shape index (κ1) is 23.9. The minimum absolute atomic E-state index is 0.0135. The van der Waals surface area contributed by atoms with Crippen molar-refractivity contribution in [3.63, 3.8) is 0 Å². The lowest BCUT2D eigenvalue weighted by Gasteiger charge is -2.17. The Morgan fingerprint density at radius 1 is 0.828 bits per heavy atom. The molecule has 1 aromatic carbocycles. The molecule has 3 N–H and O–H groups in total. The number of benzene rings is 1. The zero-order valence-electron chi connectivity index (χ0n) is 13.4. The molecule has 0 aliphatic rings. The molecule has 1 heterocycles. The Kier molecular flexibility index (Phi) is 7.21. The summed E-state index contributed by atoms with van der Waals surface area (Å²) in [6, 6.07) is 0.910. The van der Waals surface area contributed by atoms with Crippen LogP contribution >= 0.6 is 58.6 Å². The molecule has 0 aliphatic heterocycles. The second-order valence-corrected chi connectivity index (χ2v) is 7.08. The fourth-order valence-corrected chi connectivity index (χ4v) is 2.89. The Balaban J connectivity index is 2.23. The van der Waals surface area contributed by atoms with Crippen LogP contribution in [0.25, 0.3) is 0 Å². The molecule has 2 rings (SSSR count). The summed E-state index contributed by atoms with van der Waals surface area (Å²) < 4.78 is 77.3. The molecular formula is C14H6Cl4F6N4S. The minimum Gasteiger partial charge on any atom is -0.331 e. The van der Waals surface area contributed by atoms with E-state index in [2.05, 4.69) is 21.2 Å². The topological polar surface area (TPSA) is 49.0 Å².